The van der Waals surface area contributed by atoms with E-state index >= 15 is 0 Å². The van der Waals surface area contributed by atoms with Gasteiger partial charge in [-0.25, -0.2) is 8.78 Å². The van der Waals surface area contributed by atoms with Gasteiger partial charge in [-0.2, -0.15) is 0 Å². The van der Waals surface area contributed by atoms with Gasteiger partial charge in [0.15, 0.2) is 17.4 Å². The van der Waals surface area contributed by atoms with Gasteiger partial charge in [0.2, 0.25) is 0 Å². The first-order valence-electron chi connectivity index (χ1n) is 7.37. The van der Waals surface area contributed by atoms with Crippen LogP contribution in [0, 0.1) is 18.6 Å². The van der Waals surface area contributed by atoms with E-state index in [9.17, 15) is 18.4 Å². The maximum Gasteiger partial charge on any atom is 0.320 e. The Kier molecular flexibility index (Phi) is 8.32. The number of carbonyl (C=O) groups excluding carboxylic acids is 1. The Morgan fingerprint density at radius 1 is 1.25 bits per heavy atom. The lowest BCUT2D eigenvalue weighted by molar-refractivity contribution is -0.138. The van der Waals surface area contributed by atoms with Gasteiger partial charge in [0, 0.05) is 31.6 Å². The van der Waals surface area contributed by atoms with E-state index in [4.69, 9.17) is 10.8 Å². The van der Waals surface area contributed by atoms with Crippen LogP contribution in [0.15, 0.2) is 0 Å². The lowest BCUT2D eigenvalue weighted by atomic mass is 9.94. The maximum absolute atomic E-state index is 14.4. The van der Waals surface area contributed by atoms with Crippen LogP contribution in [0.25, 0.3) is 0 Å². The van der Waals surface area contributed by atoms with Gasteiger partial charge in [0.05, 0.1) is 12.7 Å². The molecule has 0 spiro atoms. The summed E-state index contributed by atoms with van der Waals surface area (Å²) in [6.07, 6.45) is -0.465. The molecule has 0 saturated carbocycles. The van der Waals surface area contributed by atoms with Crippen molar-refractivity contribution in [1.29, 1.82) is 0 Å². The monoisotopic (exact) mass is 346 g/mol. The van der Waals surface area contributed by atoms with Crippen LogP contribution >= 0.6 is 0 Å². The van der Waals surface area contributed by atoms with Crippen molar-refractivity contribution < 1.29 is 28.2 Å². The molecule has 136 valence electrons. The first-order valence-corrected chi connectivity index (χ1v) is 7.37. The van der Waals surface area contributed by atoms with E-state index in [1.165, 1.54) is 21.0 Å². The molecule has 24 heavy (non-hydrogen) atoms. The zero-order chi connectivity index (χ0) is 19.2. The number of hydrogen-bond donors (Lipinski definition) is 2. The number of amides is 1. The number of rotatable bonds is 5. The van der Waals surface area contributed by atoms with Crippen LogP contribution in [0.2, 0.25) is 0 Å². The number of halogens is 2. The number of carboxylic acid groups (broad SMARTS) is 1. The fourth-order valence-electron chi connectivity index (χ4n) is 2.04. The number of ether oxygens (including phenoxy) is 1. The molecule has 0 fully saturated rings. The molecule has 1 aromatic carbocycles. The minimum atomic E-state index is -1.43. The zero-order valence-corrected chi connectivity index (χ0v) is 14.7. The van der Waals surface area contributed by atoms with Crippen LogP contribution in [0.1, 0.15) is 35.3 Å². The van der Waals surface area contributed by atoms with Crippen molar-refractivity contribution in [1.82, 2.24) is 4.90 Å². The average molecular weight is 346 g/mol. The Balaban J connectivity index is 0.00000254. The minimum Gasteiger partial charge on any atom is -0.491 e. The lowest BCUT2D eigenvalue weighted by Gasteiger charge is -2.20. The van der Waals surface area contributed by atoms with E-state index in [1.807, 2.05) is 13.8 Å². The van der Waals surface area contributed by atoms with Crippen LogP contribution in [-0.4, -0.2) is 49.1 Å². The lowest BCUT2D eigenvalue weighted by Crippen LogP contribution is -2.34. The molecule has 1 aromatic rings. The summed E-state index contributed by atoms with van der Waals surface area (Å²) in [5.41, 5.74) is 4.78. The number of nitrogens with two attached hydrogens (primary N) is 1. The van der Waals surface area contributed by atoms with Crippen molar-refractivity contribution in [3.05, 3.63) is 28.3 Å². The van der Waals surface area contributed by atoms with Crippen LogP contribution < -0.4 is 10.5 Å². The number of methoxy groups -OCH3 is 1. The molecule has 0 aliphatic rings. The predicted molar refractivity (Wildman–Crippen MR) is 86.3 cm³/mol. The fraction of sp³-hybridized carbons (Fsp3) is 0.500. The van der Waals surface area contributed by atoms with Gasteiger partial charge in [-0.1, -0.05) is 13.8 Å². The van der Waals surface area contributed by atoms with E-state index in [-0.39, 0.29) is 16.7 Å². The number of nitrogens with zero attached hydrogens (tertiary/aromatic N) is 1. The molecule has 8 heteroatoms. The van der Waals surface area contributed by atoms with Crippen LogP contribution in [0.5, 0.6) is 5.75 Å². The summed E-state index contributed by atoms with van der Waals surface area (Å²) in [5.74, 6) is -4.79. The molecule has 0 saturated heterocycles. The van der Waals surface area contributed by atoms with Crippen molar-refractivity contribution in [3.8, 4) is 5.75 Å². The van der Waals surface area contributed by atoms with Crippen LogP contribution in [0.3, 0.4) is 0 Å². The molecule has 0 radical (unpaired) electrons. The Bertz CT molecular complexity index is 619. The highest BCUT2D eigenvalue weighted by atomic mass is 19.1. The zero-order valence-electron chi connectivity index (χ0n) is 14.7. The predicted octanol–water partition coefficient (Wildman–Crippen LogP) is 1.96. The summed E-state index contributed by atoms with van der Waals surface area (Å²) in [6.45, 7) is 5.30. The molecule has 0 bridgehead atoms. The Hall–Kier alpha value is -2.22. The van der Waals surface area contributed by atoms with Crippen molar-refractivity contribution in [2.75, 3.05) is 21.2 Å². The molecule has 0 aliphatic carbocycles. The second-order valence-corrected chi connectivity index (χ2v) is 4.99. The molecule has 3 N–H and O–H groups in total. The second kappa shape index (κ2) is 9.17. The van der Waals surface area contributed by atoms with Gasteiger partial charge in [-0.15, -0.1) is 0 Å². The Morgan fingerprint density at radius 2 is 1.75 bits per heavy atom. The van der Waals surface area contributed by atoms with Gasteiger partial charge in [-0.3, -0.25) is 9.59 Å². The molecule has 0 aliphatic heterocycles. The Labute approximate surface area is 140 Å². The third kappa shape index (κ3) is 4.41. The third-order valence-corrected chi connectivity index (χ3v) is 3.24. The van der Waals surface area contributed by atoms with Crippen LogP contribution in [0.4, 0.5) is 8.78 Å². The summed E-state index contributed by atoms with van der Waals surface area (Å²) in [5, 5.41) is 8.88. The number of benzene rings is 1. The maximum atomic E-state index is 14.4. The minimum absolute atomic E-state index is 0.121. The topological polar surface area (TPSA) is 92.9 Å². The molecular formula is C16H24F2N2O4. The first kappa shape index (κ1) is 21.8. The summed E-state index contributed by atoms with van der Waals surface area (Å²) in [7, 11) is 3.92. The highest BCUT2D eigenvalue weighted by Crippen LogP contribution is 2.32. The van der Waals surface area contributed by atoms with Crippen molar-refractivity contribution >= 4 is 11.9 Å². The third-order valence-electron chi connectivity index (χ3n) is 3.24. The van der Waals surface area contributed by atoms with Gasteiger partial charge < -0.3 is 20.5 Å². The van der Waals surface area contributed by atoms with E-state index in [0.29, 0.717) is 0 Å². The van der Waals surface area contributed by atoms with Gasteiger partial charge in [0.25, 0.3) is 5.91 Å². The highest BCUT2D eigenvalue weighted by Gasteiger charge is 2.29. The van der Waals surface area contributed by atoms with Crippen molar-refractivity contribution in [2.24, 2.45) is 5.73 Å². The largest absolute Gasteiger partial charge is 0.491 e. The van der Waals surface area contributed by atoms with E-state index in [2.05, 4.69) is 4.74 Å². The number of hydrogen-bond acceptors (Lipinski definition) is 4. The molecule has 1 amide bonds. The summed E-state index contributed by atoms with van der Waals surface area (Å²) >= 11 is 0. The van der Waals surface area contributed by atoms with Gasteiger partial charge in [-0.05, 0) is 6.92 Å². The van der Waals surface area contributed by atoms with Crippen molar-refractivity contribution in [3.63, 3.8) is 0 Å². The Morgan fingerprint density at radius 3 is 2.12 bits per heavy atom. The van der Waals surface area contributed by atoms with Crippen molar-refractivity contribution in [2.45, 2.75) is 33.2 Å². The number of aliphatic carboxylic acids is 1. The molecule has 1 unspecified atom stereocenters. The molecular weight excluding hydrogens is 322 g/mol. The normalized spacial score (nSPS) is 11.2. The smallest absolute Gasteiger partial charge is 0.320 e. The van der Waals surface area contributed by atoms with E-state index in [1.54, 1.807) is 0 Å². The number of carboxylic acids is 1. The molecule has 1 rings (SSSR count). The SMILES string of the molecule is CC.COc1c(F)c(C)c(C(=O)N(C)C)c(CC(N)C(=O)O)c1F. The molecule has 0 heterocycles. The van der Waals surface area contributed by atoms with Crippen LogP contribution in [-0.2, 0) is 11.2 Å². The highest BCUT2D eigenvalue weighted by molar-refractivity contribution is 5.97. The quantitative estimate of drug-likeness (QED) is 0.850. The molecule has 6 nitrogen and oxygen atoms in total. The molecule has 1 atom stereocenters. The van der Waals surface area contributed by atoms with E-state index < -0.39 is 41.7 Å². The fourth-order valence-corrected chi connectivity index (χ4v) is 2.04. The second-order valence-electron chi connectivity index (χ2n) is 4.99. The standard InChI is InChI=1S/C14H18F2N2O4.C2H6/c1-6-9(13(19)18(2)3)7(5-8(17)14(20)21)11(16)12(22-4)10(6)15;1-2/h8H,5,17H2,1-4H3,(H,20,21);1-2H3. The first-order chi connectivity index (χ1) is 11.1. The number of carbonyl (C=O) groups is 2. The summed E-state index contributed by atoms with van der Waals surface area (Å²) < 4.78 is 33.2. The summed E-state index contributed by atoms with van der Waals surface area (Å²) in [6, 6.07) is -1.43. The van der Waals surface area contributed by atoms with E-state index in [0.717, 1.165) is 12.0 Å². The molecule has 0 aromatic heterocycles. The van der Waals surface area contributed by atoms with Gasteiger partial charge >= 0.3 is 5.97 Å². The summed E-state index contributed by atoms with van der Waals surface area (Å²) in [4.78, 5) is 24.2. The van der Waals surface area contributed by atoms with Gasteiger partial charge in [0.1, 0.15) is 6.04 Å². The average Bonchev–Trinajstić information content (AvgIpc) is 2.54.